The van der Waals surface area contributed by atoms with Crippen LogP contribution >= 0.6 is 0 Å². The van der Waals surface area contributed by atoms with Crippen LogP contribution in [0.15, 0.2) is 41.3 Å². The van der Waals surface area contributed by atoms with Gasteiger partial charge in [-0.25, -0.2) is 9.59 Å². The molecule has 234 valence electrons. The molecule has 0 spiro atoms. The van der Waals surface area contributed by atoms with E-state index in [0.717, 1.165) is 30.9 Å². The summed E-state index contributed by atoms with van der Waals surface area (Å²) in [7, 11) is 0. The van der Waals surface area contributed by atoms with Gasteiger partial charge >= 0.3 is 11.7 Å². The van der Waals surface area contributed by atoms with Gasteiger partial charge < -0.3 is 21.3 Å². The average Bonchev–Trinajstić information content (AvgIpc) is 3.81. The summed E-state index contributed by atoms with van der Waals surface area (Å²) in [6.45, 7) is 8.45. The van der Waals surface area contributed by atoms with Crippen LogP contribution in [0.2, 0.25) is 0 Å². The normalized spacial score (nSPS) is 22.0. The molecule has 1 saturated heterocycles. The number of benzene rings is 1. The zero-order chi connectivity index (χ0) is 30.7. The van der Waals surface area contributed by atoms with E-state index in [1.165, 1.54) is 42.4 Å². The highest BCUT2D eigenvalue weighted by atomic mass is 16.2. The van der Waals surface area contributed by atoms with Gasteiger partial charge in [0.2, 0.25) is 5.91 Å². The molecule has 3 amide bonds. The molecule has 3 fully saturated rings. The molecule has 2 saturated carbocycles. The molecule has 5 N–H and O–H groups in total. The van der Waals surface area contributed by atoms with E-state index in [9.17, 15) is 14.4 Å². The molecule has 2 aromatic rings. The molecule has 43 heavy (non-hydrogen) atoms. The average molecular weight is 593 g/mol. The van der Waals surface area contributed by atoms with Crippen LogP contribution in [0.5, 0.6) is 0 Å². The number of hydrogen-bond donors (Lipinski definition) is 3. The van der Waals surface area contributed by atoms with Crippen molar-refractivity contribution in [3.05, 3.63) is 52.6 Å². The van der Waals surface area contributed by atoms with Crippen LogP contribution in [0.4, 0.5) is 10.6 Å². The van der Waals surface area contributed by atoms with Crippen LogP contribution in [0.1, 0.15) is 64.9 Å². The predicted molar refractivity (Wildman–Crippen MR) is 168 cm³/mol. The first-order valence-corrected chi connectivity index (χ1v) is 15.8. The molecule has 1 atom stereocenters. The lowest BCUT2D eigenvalue weighted by atomic mass is 9.89. The van der Waals surface area contributed by atoms with Crippen LogP contribution in [-0.4, -0.2) is 92.6 Å². The summed E-state index contributed by atoms with van der Waals surface area (Å²) in [4.78, 5) is 48.2. The number of anilines is 1. The molecule has 3 aliphatic rings. The predicted octanol–water partition coefficient (Wildman–Crippen LogP) is 2.56. The lowest BCUT2D eigenvalue weighted by Crippen LogP contribution is -2.58. The highest BCUT2D eigenvalue weighted by Gasteiger charge is 2.33. The molecular formula is C32H48N8O3. The zero-order valence-electron chi connectivity index (χ0n) is 25.9. The van der Waals surface area contributed by atoms with Gasteiger partial charge in [-0.05, 0) is 95.4 Å². The molecule has 1 aromatic heterocycles. The number of carbonyl (C=O) groups is 2. The van der Waals surface area contributed by atoms with Crippen LogP contribution in [0.3, 0.4) is 0 Å². The Morgan fingerprint density at radius 3 is 2.21 bits per heavy atom. The molecule has 1 unspecified atom stereocenters. The van der Waals surface area contributed by atoms with Gasteiger partial charge in [-0.3, -0.25) is 19.6 Å². The number of nitrogens with one attached hydrogen (secondary N) is 1. The third kappa shape index (κ3) is 8.01. The topological polar surface area (TPSA) is 143 Å². The number of carbonyl (C=O) groups excluding carboxylic acids is 2. The summed E-state index contributed by atoms with van der Waals surface area (Å²) in [6.07, 6.45) is 9.90. The number of nitrogens with zero attached hydrogens (tertiary/aromatic N) is 5. The van der Waals surface area contributed by atoms with E-state index in [-0.39, 0.29) is 17.8 Å². The van der Waals surface area contributed by atoms with Crippen LogP contribution in [0, 0.1) is 5.92 Å². The zero-order valence-corrected chi connectivity index (χ0v) is 25.9. The Morgan fingerprint density at radius 1 is 1.00 bits per heavy atom. The van der Waals surface area contributed by atoms with Crippen molar-refractivity contribution in [1.82, 2.24) is 24.3 Å². The summed E-state index contributed by atoms with van der Waals surface area (Å²) >= 11 is 0. The third-order valence-corrected chi connectivity index (χ3v) is 9.13. The number of urea groups is 1. The van der Waals surface area contributed by atoms with Crippen molar-refractivity contribution in [1.29, 1.82) is 0 Å². The number of piperazine rings is 1. The maximum Gasteiger partial charge on any atom is 0.354 e. The number of rotatable bonds is 9. The molecule has 1 aromatic carbocycles. The first kappa shape index (κ1) is 31.2. The van der Waals surface area contributed by atoms with E-state index in [1.54, 1.807) is 35.9 Å². The number of hydrogen-bond acceptors (Lipinski definition) is 7. The SMILES string of the molecule is CC(Cc1ccc(-n2ccc(NC(=O)N3CCN(C(=O)C(C)(C)N)CC3)nc2=O)cc1)N(CC1CC1)C1CCC(N)CC1. The van der Waals surface area contributed by atoms with E-state index >= 15 is 0 Å². The molecule has 2 aliphatic carbocycles. The van der Waals surface area contributed by atoms with Crippen molar-refractivity contribution in [2.45, 2.75) is 89.4 Å². The molecule has 0 radical (unpaired) electrons. The van der Waals surface area contributed by atoms with Crippen LogP contribution in [-0.2, 0) is 11.2 Å². The quantitative estimate of drug-likeness (QED) is 0.406. The second-order valence-corrected chi connectivity index (χ2v) is 13.3. The Hall–Kier alpha value is -3.28. The standard InChI is InChI=1S/C32H48N8O3/c1-22(40(21-24-4-5-24)27-12-8-25(33)9-13-27)20-23-6-10-26(11-7-23)39-15-14-28(36-31(39)43)35-30(42)38-18-16-37(17-19-38)29(41)32(2,3)34/h6-7,10-11,14-15,22,24-25,27H,4-5,8-9,12-13,16-21,33-34H2,1-3H3,(H,35,36,42,43). The van der Waals surface area contributed by atoms with E-state index in [2.05, 4.69) is 34.3 Å². The summed E-state index contributed by atoms with van der Waals surface area (Å²) in [5, 5.41) is 2.72. The maximum absolute atomic E-state index is 12.9. The molecule has 11 nitrogen and oxygen atoms in total. The Kier molecular flexibility index (Phi) is 9.53. The smallest absolute Gasteiger partial charge is 0.338 e. The number of nitrogens with two attached hydrogens (primary N) is 2. The Labute approximate surface area is 254 Å². The molecule has 5 rings (SSSR count). The van der Waals surface area contributed by atoms with Crippen molar-refractivity contribution in [3.8, 4) is 5.69 Å². The molecule has 0 bridgehead atoms. The summed E-state index contributed by atoms with van der Waals surface area (Å²) in [6, 6.07) is 10.8. The molecule has 11 heteroatoms. The van der Waals surface area contributed by atoms with Gasteiger partial charge in [-0.1, -0.05) is 12.1 Å². The highest BCUT2D eigenvalue weighted by Crippen LogP contribution is 2.34. The minimum atomic E-state index is -0.947. The molecule has 1 aliphatic heterocycles. The monoisotopic (exact) mass is 592 g/mol. The third-order valence-electron chi connectivity index (χ3n) is 9.13. The Bertz CT molecular complexity index is 1320. The maximum atomic E-state index is 12.9. The molecular weight excluding hydrogens is 544 g/mol. The van der Waals surface area contributed by atoms with Crippen molar-refractivity contribution < 1.29 is 9.59 Å². The Morgan fingerprint density at radius 2 is 1.63 bits per heavy atom. The number of aromatic nitrogens is 2. The van der Waals surface area contributed by atoms with Crippen LogP contribution < -0.4 is 22.5 Å². The van der Waals surface area contributed by atoms with Gasteiger partial charge in [-0.15, -0.1) is 0 Å². The summed E-state index contributed by atoms with van der Waals surface area (Å²) in [5.74, 6) is 0.899. The van der Waals surface area contributed by atoms with Crippen LogP contribution in [0.25, 0.3) is 5.69 Å². The minimum Gasteiger partial charge on any atom is -0.338 e. The van der Waals surface area contributed by atoms with Crippen molar-refractivity contribution in [3.63, 3.8) is 0 Å². The number of amides is 3. The second kappa shape index (κ2) is 13.2. The highest BCUT2D eigenvalue weighted by molar-refractivity contribution is 5.89. The first-order chi connectivity index (χ1) is 20.5. The van der Waals surface area contributed by atoms with Crippen molar-refractivity contribution in [2.24, 2.45) is 17.4 Å². The van der Waals surface area contributed by atoms with Gasteiger partial charge in [0, 0.05) is 57.0 Å². The fourth-order valence-electron chi connectivity index (χ4n) is 6.35. The largest absolute Gasteiger partial charge is 0.354 e. The van der Waals surface area contributed by atoms with Gasteiger partial charge in [0.1, 0.15) is 5.82 Å². The first-order valence-electron chi connectivity index (χ1n) is 15.8. The van der Waals surface area contributed by atoms with Gasteiger partial charge in [0.15, 0.2) is 0 Å². The second-order valence-electron chi connectivity index (χ2n) is 13.3. The minimum absolute atomic E-state index is 0.138. The lowest BCUT2D eigenvalue weighted by molar-refractivity contribution is -0.137. The molecule has 2 heterocycles. The fraction of sp³-hybridized carbons (Fsp3) is 0.625. The van der Waals surface area contributed by atoms with Crippen molar-refractivity contribution in [2.75, 3.05) is 38.0 Å². The summed E-state index contributed by atoms with van der Waals surface area (Å²) < 4.78 is 1.48. The fourth-order valence-corrected chi connectivity index (χ4v) is 6.35. The Balaban J connectivity index is 1.16. The van der Waals surface area contributed by atoms with E-state index < -0.39 is 11.2 Å². The van der Waals surface area contributed by atoms with Gasteiger partial charge in [0.05, 0.1) is 11.2 Å². The lowest BCUT2D eigenvalue weighted by Gasteiger charge is -2.40. The van der Waals surface area contributed by atoms with Gasteiger partial charge in [0.25, 0.3) is 0 Å². The van der Waals surface area contributed by atoms with Gasteiger partial charge in [-0.2, -0.15) is 4.98 Å². The van der Waals surface area contributed by atoms with E-state index in [4.69, 9.17) is 11.5 Å². The van der Waals surface area contributed by atoms with E-state index in [1.807, 2.05) is 12.1 Å². The van der Waals surface area contributed by atoms with E-state index in [0.29, 0.717) is 44.3 Å². The summed E-state index contributed by atoms with van der Waals surface area (Å²) in [5.41, 5.74) is 12.7. The van der Waals surface area contributed by atoms with Crippen molar-refractivity contribution >= 4 is 17.8 Å².